The van der Waals surface area contributed by atoms with Gasteiger partial charge in [-0.25, -0.2) is 4.79 Å². The number of carboxylic acid groups (broad SMARTS) is 1. The summed E-state index contributed by atoms with van der Waals surface area (Å²) in [6, 6.07) is 18.7. The molecule has 0 amide bonds. The maximum absolute atomic E-state index is 11.2. The quantitative estimate of drug-likeness (QED) is 0.297. The lowest BCUT2D eigenvalue weighted by molar-refractivity contribution is 0.0696. The van der Waals surface area contributed by atoms with Gasteiger partial charge in [0.1, 0.15) is 6.61 Å². The SMILES string of the molecule is COc1cc(C=Nc2ccc(N3CCOCC3)cc2)cc(I)c1OCc1cccc(C(=O)O)c1. The van der Waals surface area contributed by atoms with E-state index in [1.807, 2.05) is 30.3 Å². The zero-order valence-corrected chi connectivity index (χ0v) is 20.9. The standard InChI is InChI=1S/C26H25IN2O5/c1-32-24-15-19(16-28-21-5-7-22(8-6-21)29-9-11-33-12-10-29)14-23(27)25(24)34-17-18-3-2-4-20(13-18)26(30)31/h2-8,13-16H,9-12,17H2,1H3,(H,30,31). The Bertz CT molecular complexity index is 1170. The molecule has 1 fully saturated rings. The zero-order valence-electron chi connectivity index (χ0n) is 18.7. The molecule has 1 N–H and O–H groups in total. The third kappa shape index (κ3) is 6.06. The van der Waals surface area contributed by atoms with Crippen LogP contribution in [0.1, 0.15) is 21.5 Å². The number of aliphatic imine (C=N–C) groups is 1. The van der Waals surface area contributed by atoms with Crippen LogP contribution in [0, 0.1) is 3.57 Å². The Labute approximate surface area is 212 Å². The molecule has 34 heavy (non-hydrogen) atoms. The second kappa shape index (κ2) is 11.3. The first-order chi connectivity index (χ1) is 16.5. The summed E-state index contributed by atoms with van der Waals surface area (Å²) < 4.78 is 17.8. The van der Waals surface area contributed by atoms with Crippen molar-refractivity contribution >= 4 is 46.1 Å². The molecule has 0 atom stereocenters. The van der Waals surface area contributed by atoms with Crippen LogP contribution in [0.25, 0.3) is 0 Å². The van der Waals surface area contributed by atoms with Crippen molar-refractivity contribution in [1.29, 1.82) is 0 Å². The van der Waals surface area contributed by atoms with E-state index in [0.29, 0.717) is 11.5 Å². The van der Waals surface area contributed by atoms with E-state index in [9.17, 15) is 9.90 Å². The highest BCUT2D eigenvalue weighted by atomic mass is 127. The molecule has 1 heterocycles. The predicted octanol–water partition coefficient (Wildman–Crippen LogP) is 5.16. The number of ether oxygens (including phenoxy) is 3. The number of aromatic carboxylic acids is 1. The minimum atomic E-state index is -0.964. The summed E-state index contributed by atoms with van der Waals surface area (Å²) in [6.07, 6.45) is 1.80. The first kappa shape index (κ1) is 24.0. The lowest BCUT2D eigenvalue weighted by Crippen LogP contribution is -2.36. The normalized spacial score (nSPS) is 13.8. The van der Waals surface area contributed by atoms with Crippen molar-refractivity contribution in [2.75, 3.05) is 38.3 Å². The van der Waals surface area contributed by atoms with Crippen molar-refractivity contribution in [1.82, 2.24) is 0 Å². The average Bonchev–Trinajstić information content (AvgIpc) is 2.87. The van der Waals surface area contributed by atoms with Crippen molar-refractivity contribution in [2.45, 2.75) is 6.61 Å². The number of rotatable bonds is 8. The van der Waals surface area contributed by atoms with Crippen molar-refractivity contribution in [3.63, 3.8) is 0 Å². The van der Waals surface area contributed by atoms with Gasteiger partial charge < -0.3 is 24.2 Å². The minimum Gasteiger partial charge on any atom is -0.493 e. The number of anilines is 1. The Hall–Kier alpha value is -3.11. The van der Waals surface area contributed by atoms with Gasteiger partial charge in [0.25, 0.3) is 0 Å². The molecule has 0 saturated carbocycles. The summed E-state index contributed by atoms with van der Waals surface area (Å²) in [5, 5.41) is 9.18. The Morgan fingerprint density at radius 1 is 1.15 bits per heavy atom. The molecular weight excluding hydrogens is 547 g/mol. The van der Waals surface area contributed by atoms with Gasteiger partial charge in [-0.15, -0.1) is 0 Å². The topological polar surface area (TPSA) is 80.6 Å². The Morgan fingerprint density at radius 2 is 1.91 bits per heavy atom. The van der Waals surface area contributed by atoms with Gasteiger partial charge in [-0.1, -0.05) is 12.1 Å². The summed E-state index contributed by atoms with van der Waals surface area (Å²) in [4.78, 5) is 18.1. The fraction of sp³-hybridized carbons (Fsp3) is 0.231. The van der Waals surface area contributed by atoms with E-state index < -0.39 is 5.97 Å². The van der Waals surface area contributed by atoms with E-state index in [0.717, 1.165) is 46.7 Å². The van der Waals surface area contributed by atoms with Crippen LogP contribution in [0.4, 0.5) is 11.4 Å². The molecule has 4 rings (SSSR count). The number of methoxy groups -OCH3 is 1. The summed E-state index contributed by atoms with van der Waals surface area (Å²) >= 11 is 2.20. The Kier molecular flexibility index (Phi) is 8.02. The van der Waals surface area contributed by atoms with Crippen LogP contribution in [0.2, 0.25) is 0 Å². The van der Waals surface area contributed by atoms with Gasteiger partial charge in [-0.05, 0) is 82.2 Å². The van der Waals surface area contributed by atoms with Crippen LogP contribution in [0.3, 0.4) is 0 Å². The van der Waals surface area contributed by atoms with Crippen LogP contribution in [0.15, 0.2) is 65.7 Å². The summed E-state index contributed by atoms with van der Waals surface area (Å²) in [7, 11) is 1.59. The molecule has 176 valence electrons. The third-order valence-electron chi connectivity index (χ3n) is 5.40. The van der Waals surface area contributed by atoms with E-state index in [4.69, 9.17) is 14.2 Å². The fourth-order valence-corrected chi connectivity index (χ4v) is 4.41. The van der Waals surface area contributed by atoms with Gasteiger partial charge in [-0.3, -0.25) is 4.99 Å². The minimum absolute atomic E-state index is 0.229. The van der Waals surface area contributed by atoms with Crippen LogP contribution >= 0.6 is 22.6 Å². The van der Waals surface area contributed by atoms with Crippen molar-refractivity contribution in [2.24, 2.45) is 4.99 Å². The first-order valence-corrected chi connectivity index (χ1v) is 11.9. The lowest BCUT2D eigenvalue weighted by Gasteiger charge is -2.28. The van der Waals surface area contributed by atoms with Gasteiger partial charge in [0, 0.05) is 25.0 Å². The number of benzene rings is 3. The number of hydrogen-bond donors (Lipinski definition) is 1. The highest BCUT2D eigenvalue weighted by Gasteiger charge is 2.13. The van der Waals surface area contributed by atoms with Gasteiger partial charge in [0.15, 0.2) is 11.5 Å². The van der Waals surface area contributed by atoms with Crippen LogP contribution < -0.4 is 14.4 Å². The molecule has 0 unspecified atom stereocenters. The maximum Gasteiger partial charge on any atom is 0.335 e. The Morgan fingerprint density at radius 3 is 2.62 bits per heavy atom. The second-order valence-electron chi connectivity index (χ2n) is 7.70. The highest BCUT2D eigenvalue weighted by molar-refractivity contribution is 14.1. The molecule has 0 bridgehead atoms. The first-order valence-electron chi connectivity index (χ1n) is 10.8. The number of carbonyl (C=O) groups is 1. The summed E-state index contributed by atoms with van der Waals surface area (Å²) in [5.41, 5.74) is 3.92. The Balaban J connectivity index is 1.45. The molecule has 7 nitrogen and oxygen atoms in total. The van der Waals surface area contributed by atoms with Crippen molar-refractivity contribution in [3.8, 4) is 11.5 Å². The lowest BCUT2D eigenvalue weighted by atomic mass is 10.1. The average molecular weight is 572 g/mol. The summed E-state index contributed by atoms with van der Waals surface area (Å²) in [5.74, 6) is 0.231. The molecule has 0 spiro atoms. The van der Waals surface area contributed by atoms with Crippen molar-refractivity contribution in [3.05, 3.63) is 80.9 Å². The number of carboxylic acids is 1. The predicted molar refractivity (Wildman–Crippen MR) is 140 cm³/mol. The molecule has 1 aliphatic rings. The number of hydrogen-bond acceptors (Lipinski definition) is 6. The van der Waals surface area contributed by atoms with Gasteiger partial charge >= 0.3 is 5.97 Å². The number of nitrogens with zero attached hydrogens (tertiary/aromatic N) is 2. The molecule has 1 aliphatic heterocycles. The summed E-state index contributed by atoms with van der Waals surface area (Å²) in [6.45, 7) is 3.56. The smallest absolute Gasteiger partial charge is 0.335 e. The van der Waals surface area contributed by atoms with E-state index in [1.54, 1.807) is 31.5 Å². The highest BCUT2D eigenvalue weighted by Crippen LogP contribution is 2.34. The van der Waals surface area contributed by atoms with Gasteiger partial charge in [0.05, 0.1) is 35.1 Å². The fourth-order valence-electron chi connectivity index (χ4n) is 3.62. The number of halogens is 1. The largest absolute Gasteiger partial charge is 0.493 e. The molecule has 8 heteroatoms. The zero-order chi connectivity index (χ0) is 23.9. The molecule has 0 radical (unpaired) electrons. The van der Waals surface area contributed by atoms with Crippen LogP contribution in [0.5, 0.6) is 11.5 Å². The van der Waals surface area contributed by atoms with E-state index in [2.05, 4.69) is 44.6 Å². The van der Waals surface area contributed by atoms with Crippen molar-refractivity contribution < 1.29 is 24.1 Å². The third-order valence-corrected chi connectivity index (χ3v) is 6.20. The van der Waals surface area contributed by atoms with Crippen LogP contribution in [-0.2, 0) is 11.3 Å². The molecule has 3 aromatic rings. The maximum atomic E-state index is 11.2. The molecule has 0 aromatic heterocycles. The molecule has 0 aliphatic carbocycles. The molecule has 1 saturated heterocycles. The number of morpholine rings is 1. The van der Waals surface area contributed by atoms with E-state index >= 15 is 0 Å². The van der Waals surface area contributed by atoms with E-state index in [-0.39, 0.29) is 12.2 Å². The van der Waals surface area contributed by atoms with Gasteiger partial charge in [0.2, 0.25) is 0 Å². The second-order valence-corrected chi connectivity index (χ2v) is 8.86. The monoisotopic (exact) mass is 572 g/mol. The molecular formula is C26H25IN2O5. The van der Waals surface area contributed by atoms with Gasteiger partial charge in [-0.2, -0.15) is 0 Å². The van der Waals surface area contributed by atoms with E-state index in [1.165, 1.54) is 5.69 Å². The molecule has 3 aromatic carbocycles. The van der Waals surface area contributed by atoms with Crippen LogP contribution in [-0.4, -0.2) is 50.7 Å².